The highest BCUT2D eigenvalue weighted by molar-refractivity contribution is 5.79. The van der Waals surface area contributed by atoms with Gasteiger partial charge in [-0.05, 0) is 12.1 Å². The number of nitrogens with one attached hydrogen (secondary N) is 1. The zero-order chi connectivity index (χ0) is 7.68. The third-order valence-electron chi connectivity index (χ3n) is 1.63. The number of halogens is 1. The molecule has 0 amide bonds. The van der Waals surface area contributed by atoms with Crippen molar-refractivity contribution in [2.45, 2.75) is 6.67 Å². The van der Waals surface area contributed by atoms with Gasteiger partial charge in [-0.2, -0.15) is 0 Å². The fourth-order valence-corrected chi connectivity index (χ4v) is 1.07. The summed E-state index contributed by atoms with van der Waals surface area (Å²) in [7, 11) is 0. The van der Waals surface area contributed by atoms with Gasteiger partial charge in [-0.1, -0.05) is 0 Å². The van der Waals surface area contributed by atoms with E-state index in [1.54, 1.807) is 18.3 Å². The number of nitrogens with zero attached hydrogens (tertiary/aromatic N) is 1. The molecule has 0 spiro atoms. The summed E-state index contributed by atoms with van der Waals surface area (Å²) < 4.78 is 12.2. The van der Waals surface area contributed by atoms with E-state index in [9.17, 15) is 4.39 Å². The lowest BCUT2D eigenvalue weighted by molar-refractivity contribution is 0.488. The van der Waals surface area contributed by atoms with Crippen LogP contribution in [0.15, 0.2) is 18.3 Å². The Hall–Kier alpha value is -1.38. The summed E-state index contributed by atoms with van der Waals surface area (Å²) in [5.74, 6) is 0. The molecule has 0 aliphatic carbocycles. The molecule has 0 fully saturated rings. The van der Waals surface area contributed by atoms with Crippen molar-refractivity contribution in [2.24, 2.45) is 0 Å². The Kier molecular flexibility index (Phi) is 1.35. The summed E-state index contributed by atoms with van der Waals surface area (Å²) >= 11 is 0. The minimum absolute atomic E-state index is 0.453. The van der Waals surface area contributed by atoms with Crippen molar-refractivity contribution in [2.75, 3.05) is 0 Å². The molecule has 0 bridgehead atoms. The monoisotopic (exact) mass is 149 g/mol. The molecule has 1 N–H and O–H groups in total. The quantitative estimate of drug-likeness (QED) is 0.658. The van der Waals surface area contributed by atoms with Gasteiger partial charge in [-0.3, -0.25) is 0 Å². The first kappa shape index (κ1) is 6.34. The molecule has 0 aliphatic heterocycles. The Labute approximate surface area is 63.1 Å². The molecule has 2 aromatic rings. The largest absolute Gasteiger partial charge is 0.346 e. The summed E-state index contributed by atoms with van der Waals surface area (Å²) in [4.78, 5) is 6.76. The SMILES string of the molecule is FCc1c[nH]c2n[c]ccc12. The molecule has 0 saturated heterocycles. The van der Waals surface area contributed by atoms with Crippen LogP contribution in [0, 0.1) is 6.20 Å². The van der Waals surface area contributed by atoms with E-state index in [2.05, 4.69) is 16.2 Å². The molecule has 0 unspecified atom stereocenters. The summed E-state index contributed by atoms with van der Waals surface area (Å²) in [6.45, 7) is -0.453. The molecule has 0 atom stereocenters. The van der Waals surface area contributed by atoms with Crippen molar-refractivity contribution in [3.05, 3.63) is 30.1 Å². The zero-order valence-electron chi connectivity index (χ0n) is 5.76. The van der Waals surface area contributed by atoms with E-state index in [0.717, 1.165) is 5.39 Å². The van der Waals surface area contributed by atoms with Crippen LogP contribution in [0.4, 0.5) is 4.39 Å². The van der Waals surface area contributed by atoms with Crippen LogP contribution in [0.25, 0.3) is 11.0 Å². The van der Waals surface area contributed by atoms with Crippen molar-refractivity contribution in [1.29, 1.82) is 0 Å². The maximum atomic E-state index is 12.2. The molecule has 3 heteroatoms. The molecule has 2 aromatic heterocycles. The van der Waals surface area contributed by atoms with Crippen molar-refractivity contribution >= 4 is 11.0 Å². The van der Waals surface area contributed by atoms with Crippen molar-refractivity contribution in [1.82, 2.24) is 9.97 Å². The maximum absolute atomic E-state index is 12.2. The summed E-state index contributed by atoms with van der Waals surface area (Å²) in [5.41, 5.74) is 1.35. The fourth-order valence-electron chi connectivity index (χ4n) is 1.07. The van der Waals surface area contributed by atoms with E-state index < -0.39 is 6.67 Å². The number of hydrogen-bond donors (Lipinski definition) is 1. The van der Waals surface area contributed by atoms with E-state index >= 15 is 0 Å². The molecule has 2 rings (SSSR count). The Balaban J connectivity index is 2.76. The topological polar surface area (TPSA) is 28.7 Å². The molecular formula is C8H6FN2. The van der Waals surface area contributed by atoms with Gasteiger partial charge >= 0.3 is 0 Å². The lowest BCUT2D eigenvalue weighted by atomic mass is 10.2. The molecule has 1 radical (unpaired) electrons. The molecule has 2 heterocycles. The van der Waals surface area contributed by atoms with E-state index in [1.165, 1.54) is 0 Å². The molecule has 55 valence electrons. The number of alkyl halides is 1. The lowest BCUT2D eigenvalue weighted by Crippen LogP contribution is -1.75. The fraction of sp³-hybridized carbons (Fsp3) is 0.125. The van der Waals surface area contributed by atoms with Gasteiger partial charge in [0.1, 0.15) is 12.3 Å². The minimum atomic E-state index is -0.453. The zero-order valence-corrected chi connectivity index (χ0v) is 5.76. The van der Waals surface area contributed by atoms with E-state index in [1.807, 2.05) is 0 Å². The number of fused-ring (bicyclic) bond motifs is 1. The van der Waals surface area contributed by atoms with Crippen LogP contribution in [0.3, 0.4) is 0 Å². The second-order valence-electron chi connectivity index (χ2n) is 2.28. The van der Waals surface area contributed by atoms with Crippen LogP contribution in [-0.2, 0) is 6.67 Å². The van der Waals surface area contributed by atoms with Crippen LogP contribution >= 0.6 is 0 Å². The lowest BCUT2D eigenvalue weighted by Gasteiger charge is -1.87. The van der Waals surface area contributed by atoms with Gasteiger partial charge < -0.3 is 4.98 Å². The third kappa shape index (κ3) is 0.888. The molecular weight excluding hydrogens is 143 g/mol. The second kappa shape index (κ2) is 2.34. The van der Waals surface area contributed by atoms with Crippen LogP contribution < -0.4 is 0 Å². The van der Waals surface area contributed by atoms with Gasteiger partial charge in [0, 0.05) is 17.1 Å². The van der Waals surface area contributed by atoms with Gasteiger partial charge in [0.05, 0.1) is 6.20 Å². The third-order valence-corrected chi connectivity index (χ3v) is 1.63. The molecule has 11 heavy (non-hydrogen) atoms. The standard InChI is InChI=1S/C8H6FN2/c9-4-6-5-11-8-7(6)2-1-3-10-8/h1-2,5H,4H2,(H,10,11). The van der Waals surface area contributed by atoms with Gasteiger partial charge in [0.2, 0.25) is 0 Å². The second-order valence-corrected chi connectivity index (χ2v) is 2.28. The van der Waals surface area contributed by atoms with E-state index in [-0.39, 0.29) is 0 Å². The van der Waals surface area contributed by atoms with Crippen LogP contribution in [0.2, 0.25) is 0 Å². The van der Waals surface area contributed by atoms with Crippen LogP contribution in [0.5, 0.6) is 0 Å². The van der Waals surface area contributed by atoms with E-state index in [0.29, 0.717) is 11.2 Å². The molecule has 0 aliphatic rings. The first-order valence-corrected chi connectivity index (χ1v) is 3.31. The predicted molar refractivity (Wildman–Crippen MR) is 39.7 cm³/mol. The highest BCUT2D eigenvalue weighted by atomic mass is 19.1. The molecule has 0 saturated carbocycles. The smallest absolute Gasteiger partial charge is 0.138 e. The summed E-state index contributed by atoms with van der Waals surface area (Å²) in [5, 5.41) is 0.839. The first-order chi connectivity index (χ1) is 5.42. The highest BCUT2D eigenvalue weighted by Crippen LogP contribution is 2.15. The average Bonchev–Trinajstić information content (AvgIpc) is 2.47. The Morgan fingerprint density at radius 1 is 1.64 bits per heavy atom. The van der Waals surface area contributed by atoms with Gasteiger partial charge in [-0.15, -0.1) is 0 Å². The van der Waals surface area contributed by atoms with E-state index in [4.69, 9.17) is 0 Å². The summed E-state index contributed by atoms with van der Waals surface area (Å²) in [6, 6.07) is 3.48. The minimum Gasteiger partial charge on any atom is -0.346 e. The van der Waals surface area contributed by atoms with Gasteiger partial charge in [0.25, 0.3) is 0 Å². The van der Waals surface area contributed by atoms with Gasteiger partial charge in [-0.25, -0.2) is 9.37 Å². The number of aromatic amines is 1. The Morgan fingerprint density at radius 3 is 3.36 bits per heavy atom. The molecule has 0 aromatic carbocycles. The molecule has 2 nitrogen and oxygen atoms in total. The number of rotatable bonds is 1. The van der Waals surface area contributed by atoms with Gasteiger partial charge in [0.15, 0.2) is 0 Å². The summed E-state index contributed by atoms with van der Waals surface area (Å²) in [6.07, 6.45) is 4.30. The van der Waals surface area contributed by atoms with Crippen molar-refractivity contribution in [3.63, 3.8) is 0 Å². The van der Waals surface area contributed by atoms with Crippen molar-refractivity contribution in [3.8, 4) is 0 Å². The number of pyridine rings is 1. The average molecular weight is 149 g/mol. The van der Waals surface area contributed by atoms with Crippen LogP contribution in [0.1, 0.15) is 5.56 Å². The number of H-pyrrole nitrogens is 1. The van der Waals surface area contributed by atoms with Crippen LogP contribution in [-0.4, -0.2) is 9.97 Å². The first-order valence-electron chi connectivity index (χ1n) is 3.31. The highest BCUT2D eigenvalue weighted by Gasteiger charge is 2.01. The Bertz CT molecular complexity index is 367. The van der Waals surface area contributed by atoms with Crippen molar-refractivity contribution < 1.29 is 4.39 Å². The Morgan fingerprint density at radius 2 is 2.55 bits per heavy atom. The predicted octanol–water partition coefficient (Wildman–Crippen LogP) is 1.83. The normalized spacial score (nSPS) is 10.6. The number of hydrogen-bond acceptors (Lipinski definition) is 1. The maximum Gasteiger partial charge on any atom is 0.138 e. The number of aromatic nitrogens is 2.